The second kappa shape index (κ2) is 36.3. The van der Waals surface area contributed by atoms with Crippen molar-refractivity contribution in [2.45, 2.75) is 213 Å². The van der Waals surface area contributed by atoms with Crippen LogP contribution in [0.1, 0.15) is 206 Å². The van der Waals surface area contributed by atoms with E-state index in [4.69, 9.17) is 9.47 Å². The zero-order valence-corrected chi connectivity index (χ0v) is 33.9. The molecule has 0 radical (unpaired) electrons. The number of esters is 1. The van der Waals surface area contributed by atoms with E-state index in [0.717, 1.165) is 57.2 Å². The summed E-state index contributed by atoms with van der Waals surface area (Å²) in [6.45, 7) is 11.2. The highest BCUT2D eigenvalue weighted by Gasteiger charge is 2.14. The third-order valence-corrected chi connectivity index (χ3v) is 10.1. The number of carbonyl (C=O) groups is 2. The maximum absolute atomic E-state index is 12.8. The third-order valence-electron chi connectivity index (χ3n) is 10.1. The summed E-state index contributed by atoms with van der Waals surface area (Å²) in [6.07, 6.45) is 33.5. The molecule has 1 rings (SSSR count). The van der Waals surface area contributed by atoms with Crippen molar-refractivity contribution in [2.75, 3.05) is 26.2 Å². The van der Waals surface area contributed by atoms with Gasteiger partial charge in [0.25, 0.3) is 0 Å². The van der Waals surface area contributed by atoms with Gasteiger partial charge in [-0.1, -0.05) is 167 Å². The molecule has 0 spiro atoms. The Hall–Kier alpha value is -2.08. The molecule has 0 heterocycles. The minimum atomic E-state index is -0.336. The van der Waals surface area contributed by atoms with E-state index in [2.05, 4.69) is 31.0 Å². The molecule has 1 amide bonds. The lowest BCUT2D eigenvalue weighted by molar-refractivity contribution is -0.150. The van der Waals surface area contributed by atoms with Crippen LogP contribution in [0.15, 0.2) is 30.3 Å². The molecule has 6 nitrogen and oxygen atoms in total. The number of rotatable bonds is 37. The molecule has 0 aliphatic rings. The van der Waals surface area contributed by atoms with E-state index >= 15 is 0 Å². The van der Waals surface area contributed by atoms with Gasteiger partial charge in [-0.15, -0.1) is 0 Å². The molecular formula is C45H82N2O4. The van der Waals surface area contributed by atoms with E-state index in [-0.39, 0.29) is 18.2 Å². The summed E-state index contributed by atoms with van der Waals surface area (Å²) >= 11 is 0. The maximum Gasteiger partial charge on any atom is 0.407 e. The first-order chi connectivity index (χ1) is 25.1. The van der Waals surface area contributed by atoms with Crippen LogP contribution in [0.25, 0.3) is 0 Å². The van der Waals surface area contributed by atoms with Crippen molar-refractivity contribution >= 4 is 12.1 Å². The molecule has 0 aromatic heterocycles. The zero-order chi connectivity index (χ0) is 36.9. The molecule has 0 aliphatic carbocycles. The van der Waals surface area contributed by atoms with E-state index in [1.165, 1.54) is 141 Å². The van der Waals surface area contributed by atoms with Gasteiger partial charge in [0, 0.05) is 13.0 Å². The molecule has 296 valence electrons. The molecule has 6 heteroatoms. The predicted molar refractivity (Wildman–Crippen MR) is 217 cm³/mol. The van der Waals surface area contributed by atoms with Crippen molar-refractivity contribution in [3.05, 3.63) is 35.9 Å². The molecule has 0 unspecified atom stereocenters. The number of carbonyl (C=O) groups excluding carboxylic acids is 2. The van der Waals surface area contributed by atoms with Crippen molar-refractivity contribution in [1.82, 2.24) is 10.2 Å². The number of amides is 1. The molecule has 51 heavy (non-hydrogen) atoms. The van der Waals surface area contributed by atoms with Crippen molar-refractivity contribution in [3.8, 4) is 0 Å². The minimum absolute atomic E-state index is 0.0287. The summed E-state index contributed by atoms with van der Waals surface area (Å²) in [7, 11) is 0. The number of hydrogen-bond donors (Lipinski definition) is 1. The number of ether oxygens (including phenoxy) is 2. The number of alkyl carbamates (subject to hydrolysis) is 1. The summed E-state index contributed by atoms with van der Waals surface area (Å²) in [5.74, 6) is 0.0287. The molecule has 1 aromatic rings. The Bertz CT molecular complexity index is 879. The normalized spacial score (nSPS) is 11.4. The van der Waals surface area contributed by atoms with Crippen LogP contribution in [0.4, 0.5) is 4.79 Å². The maximum atomic E-state index is 12.8. The highest BCUT2D eigenvalue weighted by Crippen LogP contribution is 2.18. The Kier molecular flexibility index (Phi) is 33.4. The van der Waals surface area contributed by atoms with Crippen molar-refractivity contribution < 1.29 is 19.1 Å². The van der Waals surface area contributed by atoms with E-state index in [9.17, 15) is 9.59 Å². The minimum Gasteiger partial charge on any atom is -0.462 e. The number of hydrogen-bond acceptors (Lipinski definition) is 5. The van der Waals surface area contributed by atoms with Crippen LogP contribution in [0, 0.1) is 0 Å². The van der Waals surface area contributed by atoms with E-state index in [1.54, 1.807) is 0 Å². The fourth-order valence-corrected chi connectivity index (χ4v) is 6.82. The monoisotopic (exact) mass is 715 g/mol. The van der Waals surface area contributed by atoms with Gasteiger partial charge in [-0.2, -0.15) is 0 Å². The van der Waals surface area contributed by atoms with Crippen LogP contribution in [0.3, 0.4) is 0 Å². The summed E-state index contributed by atoms with van der Waals surface area (Å²) < 4.78 is 11.4. The lowest BCUT2D eigenvalue weighted by Gasteiger charge is -2.22. The second-order valence-electron chi connectivity index (χ2n) is 15.0. The van der Waals surface area contributed by atoms with Gasteiger partial charge in [-0.3, -0.25) is 4.79 Å². The van der Waals surface area contributed by atoms with Crippen LogP contribution in [-0.2, 0) is 20.9 Å². The fourth-order valence-electron chi connectivity index (χ4n) is 6.82. The Morgan fingerprint density at radius 2 is 1.02 bits per heavy atom. The van der Waals surface area contributed by atoms with Crippen LogP contribution < -0.4 is 5.32 Å². The molecule has 0 saturated carbocycles. The highest BCUT2D eigenvalue weighted by molar-refractivity contribution is 5.69. The highest BCUT2D eigenvalue weighted by atomic mass is 16.5. The number of benzene rings is 1. The molecular weight excluding hydrogens is 633 g/mol. The Morgan fingerprint density at radius 1 is 0.569 bits per heavy atom. The van der Waals surface area contributed by atoms with Crippen molar-refractivity contribution in [2.24, 2.45) is 0 Å². The summed E-state index contributed by atoms with van der Waals surface area (Å²) in [5.41, 5.74) is 1.00. The first kappa shape index (κ1) is 46.9. The molecule has 0 atom stereocenters. The van der Waals surface area contributed by atoms with Crippen molar-refractivity contribution in [1.29, 1.82) is 0 Å². The predicted octanol–water partition coefficient (Wildman–Crippen LogP) is 13.1. The largest absolute Gasteiger partial charge is 0.462 e. The van der Waals surface area contributed by atoms with Gasteiger partial charge in [0.2, 0.25) is 0 Å². The lowest BCUT2D eigenvalue weighted by atomic mass is 10.0. The smallest absolute Gasteiger partial charge is 0.407 e. The second-order valence-corrected chi connectivity index (χ2v) is 15.0. The van der Waals surface area contributed by atoms with Gasteiger partial charge in [-0.05, 0) is 83.0 Å². The van der Waals surface area contributed by atoms with Crippen LogP contribution in [0.2, 0.25) is 0 Å². The van der Waals surface area contributed by atoms with Crippen LogP contribution in [0.5, 0.6) is 0 Å². The number of unbranched alkanes of at least 4 members (excludes halogenated alkanes) is 20. The molecule has 0 aliphatic heterocycles. The summed E-state index contributed by atoms with van der Waals surface area (Å²) in [6, 6.07) is 9.80. The quantitative estimate of drug-likeness (QED) is 0.0549. The van der Waals surface area contributed by atoms with Gasteiger partial charge >= 0.3 is 12.1 Å². The summed E-state index contributed by atoms with van der Waals surface area (Å²) in [4.78, 5) is 27.5. The Morgan fingerprint density at radius 3 is 1.55 bits per heavy atom. The fraction of sp³-hybridized carbons (Fsp3) is 0.822. The van der Waals surface area contributed by atoms with Crippen LogP contribution in [-0.4, -0.2) is 49.2 Å². The van der Waals surface area contributed by atoms with Gasteiger partial charge in [0.15, 0.2) is 0 Å². The molecule has 1 aromatic carbocycles. The molecule has 0 fully saturated rings. The van der Waals surface area contributed by atoms with Gasteiger partial charge < -0.3 is 19.7 Å². The number of nitrogens with zero attached hydrogens (tertiary/aromatic N) is 1. The van der Waals surface area contributed by atoms with E-state index in [0.29, 0.717) is 19.6 Å². The molecule has 0 bridgehead atoms. The zero-order valence-electron chi connectivity index (χ0n) is 33.9. The van der Waals surface area contributed by atoms with Gasteiger partial charge in [0.05, 0.1) is 0 Å². The Labute approximate surface area is 316 Å². The molecule has 0 saturated heterocycles. The first-order valence-corrected chi connectivity index (χ1v) is 21.9. The first-order valence-electron chi connectivity index (χ1n) is 21.9. The van der Waals surface area contributed by atoms with Gasteiger partial charge in [-0.25, -0.2) is 4.79 Å². The summed E-state index contributed by atoms with van der Waals surface area (Å²) in [5, 5.41) is 2.91. The average molecular weight is 715 g/mol. The van der Waals surface area contributed by atoms with E-state index in [1.807, 2.05) is 30.3 Å². The van der Waals surface area contributed by atoms with Crippen molar-refractivity contribution in [3.63, 3.8) is 0 Å². The topological polar surface area (TPSA) is 67.9 Å². The van der Waals surface area contributed by atoms with Gasteiger partial charge in [0.1, 0.15) is 12.7 Å². The lowest BCUT2D eigenvalue weighted by Crippen LogP contribution is -2.29. The third kappa shape index (κ3) is 31.2. The SMILES string of the molecule is CCCCCCCCC(CCCCCCCC)OC(=O)CCCCCCCN(CCCCCCCC)CCCCNC(=O)OCc1ccccc1. The Balaban J connectivity index is 2.29. The number of nitrogens with one attached hydrogen (secondary N) is 1. The average Bonchev–Trinajstić information content (AvgIpc) is 3.14. The van der Waals surface area contributed by atoms with E-state index < -0.39 is 0 Å². The molecule has 1 N–H and O–H groups in total. The standard InChI is InChI=1S/C45H82N2O4/c1-4-7-10-13-17-25-34-43(35-26-18-14-11-8-5-2)51-44(48)36-27-19-16-21-30-39-47(38-29-20-15-12-9-6-3)40-31-28-37-46-45(49)50-41-42-32-23-22-24-33-42/h22-24,32-33,43H,4-21,25-31,34-41H2,1-3H3,(H,46,49). The van der Waals surface area contributed by atoms with Crippen LogP contribution >= 0.6 is 0 Å².